The number of amides is 1. The Morgan fingerprint density at radius 2 is 1.69 bits per heavy atom. The predicted octanol–water partition coefficient (Wildman–Crippen LogP) is 5.38. The van der Waals surface area contributed by atoms with E-state index < -0.39 is 33.9 Å². The first kappa shape index (κ1) is 28.3. The minimum Gasteiger partial charge on any atom is -0.382 e. The number of nitrogens with zero attached hydrogens (tertiary/aromatic N) is 4. The fraction of sp³-hybridized carbons (Fsp3) is 0.455. The summed E-state index contributed by atoms with van der Waals surface area (Å²) < 4.78 is 40.3. The second-order valence-corrected chi connectivity index (χ2v) is 10.4. The molecule has 3 N–H and O–H groups in total. The number of halogens is 5. The Morgan fingerprint density at radius 1 is 1.08 bits per heavy atom. The van der Waals surface area contributed by atoms with Crippen LogP contribution in [0.3, 0.4) is 0 Å². The molecule has 0 saturated heterocycles. The highest BCUT2D eigenvalue weighted by Crippen LogP contribution is 2.47. The molecule has 0 bridgehead atoms. The van der Waals surface area contributed by atoms with Crippen LogP contribution in [0.25, 0.3) is 21.3 Å². The van der Waals surface area contributed by atoms with Crippen molar-refractivity contribution >= 4 is 40.4 Å². The molecule has 36 heavy (non-hydrogen) atoms. The minimum atomic E-state index is -5.01. The molecule has 1 aromatic carbocycles. The quantitative estimate of drug-likeness (QED) is 0.354. The second-order valence-electron chi connectivity index (χ2n) is 8.60. The maximum Gasteiger partial charge on any atom is 0.421 e. The zero-order valence-corrected chi connectivity index (χ0v) is 22.3. The molecule has 1 amide bonds. The smallest absolute Gasteiger partial charge is 0.382 e. The first-order valence-corrected chi connectivity index (χ1v) is 12.3. The Balaban J connectivity index is 2.22. The lowest BCUT2D eigenvalue weighted by atomic mass is 9.94. The lowest BCUT2D eigenvalue weighted by molar-refractivity contribution is -0.258. The van der Waals surface area contributed by atoms with Gasteiger partial charge in [0.05, 0.1) is 14.9 Å². The van der Waals surface area contributed by atoms with Crippen molar-refractivity contribution in [2.24, 2.45) is 0 Å². The summed E-state index contributed by atoms with van der Waals surface area (Å²) in [4.78, 5) is 23.7. The average Bonchev–Trinajstić information content (AvgIpc) is 3.42. The van der Waals surface area contributed by atoms with E-state index >= 15 is 0 Å². The molecule has 2 aromatic heterocycles. The fourth-order valence-corrected chi connectivity index (χ4v) is 4.98. The number of aromatic amines is 1. The number of rotatable bonds is 7. The first-order chi connectivity index (χ1) is 16.5. The molecule has 0 spiro atoms. The highest BCUT2D eigenvalue weighted by molar-refractivity contribution is 7.18. The van der Waals surface area contributed by atoms with Crippen LogP contribution in [-0.4, -0.2) is 60.5 Å². The van der Waals surface area contributed by atoms with Gasteiger partial charge in [0.25, 0.3) is 5.91 Å². The van der Waals surface area contributed by atoms with Crippen molar-refractivity contribution in [3.63, 3.8) is 0 Å². The number of carbonyl (C=O) groups is 1. The number of H-pyrrole nitrogens is 1. The number of nitrogens with one attached hydrogen (secondary N) is 1. The zero-order valence-electron chi connectivity index (χ0n) is 20.0. The van der Waals surface area contributed by atoms with Gasteiger partial charge in [0.1, 0.15) is 11.3 Å². The maximum absolute atomic E-state index is 13.4. The van der Waals surface area contributed by atoms with E-state index in [2.05, 4.69) is 20.2 Å². The summed E-state index contributed by atoms with van der Waals surface area (Å²) in [5.41, 5.74) is -5.05. The van der Waals surface area contributed by atoms with Gasteiger partial charge in [-0.2, -0.15) is 18.3 Å². The maximum atomic E-state index is 13.4. The summed E-state index contributed by atoms with van der Waals surface area (Å²) >= 11 is 13.6. The monoisotopic (exact) mass is 565 g/mol. The van der Waals surface area contributed by atoms with E-state index in [0.717, 1.165) is 17.4 Å². The molecule has 0 aliphatic rings. The third-order valence-electron chi connectivity index (χ3n) is 5.54. The average molecular weight is 566 g/mol. The summed E-state index contributed by atoms with van der Waals surface area (Å²) in [6.07, 6.45) is -5.01. The van der Waals surface area contributed by atoms with Gasteiger partial charge in [0, 0.05) is 24.2 Å². The summed E-state index contributed by atoms with van der Waals surface area (Å²) in [5, 5.41) is 26.4. The second kappa shape index (κ2) is 9.90. The molecule has 3 rings (SSSR count). The van der Waals surface area contributed by atoms with Gasteiger partial charge >= 0.3 is 6.18 Å². The fourth-order valence-electron chi connectivity index (χ4n) is 3.29. The van der Waals surface area contributed by atoms with Gasteiger partial charge in [-0.05, 0) is 34.6 Å². The lowest BCUT2D eigenvalue weighted by Gasteiger charge is -2.28. The molecular weight excluding hydrogens is 542 g/mol. The van der Waals surface area contributed by atoms with Crippen molar-refractivity contribution in [1.29, 1.82) is 0 Å². The first-order valence-electron chi connectivity index (χ1n) is 10.8. The number of thiazole rings is 1. The van der Waals surface area contributed by atoms with E-state index in [1.54, 1.807) is 13.8 Å². The number of aliphatic hydroxyl groups is 2. The van der Waals surface area contributed by atoms with Crippen LogP contribution < -0.4 is 0 Å². The number of carbonyl (C=O) groups excluding carboxylic acids is 1. The molecule has 2 heterocycles. The van der Waals surface area contributed by atoms with Crippen molar-refractivity contribution in [3.05, 3.63) is 39.3 Å². The van der Waals surface area contributed by atoms with Crippen LogP contribution in [0.4, 0.5) is 13.2 Å². The minimum absolute atomic E-state index is 0.0124. The molecule has 196 valence electrons. The van der Waals surface area contributed by atoms with E-state index in [4.69, 9.17) is 23.2 Å². The van der Waals surface area contributed by atoms with Gasteiger partial charge in [-0.3, -0.25) is 9.89 Å². The standard InChI is InChI=1S/C22H24Cl2F3N5O3S/c1-6-32(7-2)18(33)14-15(36-17(28-14)16-29-19(31-30-16)20(3,4)34)10-8-9-11(13(24)12(10)23)21(5,35)22(25,26)27/h8-9,34-35H,6-7H2,1-5H3,(H,29,30,31). The third-order valence-corrected chi connectivity index (χ3v) is 7.51. The molecule has 0 fully saturated rings. The van der Waals surface area contributed by atoms with Crippen molar-refractivity contribution in [3.8, 4) is 21.3 Å². The van der Waals surface area contributed by atoms with Crippen molar-refractivity contribution in [1.82, 2.24) is 25.1 Å². The molecule has 14 heteroatoms. The topological polar surface area (TPSA) is 115 Å². The van der Waals surface area contributed by atoms with E-state index in [1.807, 2.05) is 0 Å². The number of hydrogen-bond donors (Lipinski definition) is 3. The van der Waals surface area contributed by atoms with E-state index in [0.29, 0.717) is 20.0 Å². The number of benzene rings is 1. The molecule has 1 unspecified atom stereocenters. The highest BCUT2D eigenvalue weighted by Gasteiger charge is 2.52. The van der Waals surface area contributed by atoms with Gasteiger partial charge in [-0.15, -0.1) is 11.3 Å². The van der Waals surface area contributed by atoms with Crippen LogP contribution in [0.5, 0.6) is 0 Å². The molecular formula is C22H24Cl2F3N5O3S. The third kappa shape index (κ3) is 5.10. The van der Waals surface area contributed by atoms with Crippen molar-refractivity contribution < 1.29 is 28.2 Å². The molecule has 3 aromatic rings. The van der Waals surface area contributed by atoms with Crippen molar-refractivity contribution in [2.45, 2.75) is 52.0 Å². The zero-order chi connectivity index (χ0) is 27.2. The van der Waals surface area contributed by atoms with Crippen LogP contribution in [0, 0.1) is 0 Å². The highest BCUT2D eigenvalue weighted by atomic mass is 35.5. The lowest BCUT2D eigenvalue weighted by Crippen LogP contribution is -2.39. The molecule has 0 aliphatic carbocycles. The molecule has 0 saturated carbocycles. The van der Waals surface area contributed by atoms with Crippen LogP contribution in [0.1, 0.15) is 56.5 Å². The van der Waals surface area contributed by atoms with Crippen LogP contribution >= 0.6 is 34.5 Å². The van der Waals surface area contributed by atoms with E-state index in [9.17, 15) is 28.2 Å². The van der Waals surface area contributed by atoms with Gasteiger partial charge in [-0.1, -0.05) is 35.3 Å². The van der Waals surface area contributed by atoms with E-state index in [1.165, 1.54) is 24.8 Å². The van der Waals surface area contributed by atoms with Gasteiger partial charge in [0.2, 0.25) is 5.82 Å². The van der Waals surface area contributed by atoms with Crippen LogP contribution in [0.2, 0.25) is 10.0 Å². The number of aromatic nitrogens is 4. The van der Waals surface area contributed by atoms with Crippen LogP contribution in [0.15, 0.2) is 12.1 Å². The van der Waals surface area contributed by atoms with Gasteiger partial charge in [-0.25, -0.2) is 9.97 Å². The van der Waals surface area contributed by atoms with Gasteiger partial charge < -0.3 is 15.1 Å². The number of alkyl halides is 3. The number of hydrogen-bond acceptors (Lipinski definition) is 7. The molecule has 0 radical (unpaired) electrons. The normalized spacial score (nSPS) is 14.1. The summed E-state index contributed by atoms with van der Waals surface area (Å²) in [5.74, 6) is -0.157. The summed E-state index contributed by atoms with van der Waals surface area (Å²) in [6.45, 7) is 7.94. The molecule has 8 nitrogen and oxygen atoms in total. The SMILES string of the molecule is CCN(CC)C(=O)c1nc(-c2n[nH]c(C(C)(C)O)n2)sc1-c1ccc(C(C)(O)C(F)(F)F)c(Cl)c1Cl. The van der Waals surface area contributed by atoms with Crippen LogP contribution in [-0.2, 0) is 11.2 Å². The largest absolute Gasteiger partial charge is 0.421 e. The Kier molecular flexibility index (Phi) is 7.79. The Hall–Kier alpha value is -2.25. The molecule has 1 atom stereocenters. The molecule has 0 aliphatic heterocycles. The van der Waals surface area contributed by atoms with Gasteiger partial charge in [0.15, 0.2) is 16.4 Å². The van der Waals surface area contributed by atoms with Crippen molar-refractivity contribution in [2.75, 3.05) is 13.1 Å². The Labute approximate surface area is 219 Å². The van der Waals surface area contributed by atoms with E-state index in [-0.39, 0.29) is 37.8 Å². The Morgan fingerprint density at radius 3 is 2.19 bits per heavy atom. The Bertz CT molecular complexity index is 1280. The predicted molar refractivity (Wildman–Crippen MR) is 131 cm³/mol. The summed E-state index contributed by atoms with van der Waals surface area (Å²) in [6, 6.07) is 2.27. The summed E-state index contributed by atoms with van der Waals surface area (Å²) in [7, 11) is 0.